The normalized spacial score (nSPS) is 14.3. The van der Waals surface area contributed by atoms with Crippen LogP contribution in [0.15, 0.2) is 102 Å². The van der Waals surface area contributed by atoms with E-state index in [0.29, 0.717) is 66.8 Å². The number of allylic oxidation sites excluding steroid dienone is 4. The Kier molecular flexibility index (Phi) is 13.9. The van der Waals surface area contributed by atoms with E-state index in [1.807, 2.05) is 74.4 Å². The molecule has 1 aliphatic carbocycles. The zero-order valence-electron chi connectivity index (χ0n) is 29.6. The van der Waals surface area contributed by atoms with Crippen LogP contribution in [0, 0.1) is 5.92 Å². The summed E-state index contributed by atoms with van der Waals surface area (Å²) in [6.45, 7) is 7.54. The highest BCUT2D eigenvalue weighted by Crippen LogP contribution is 2.36. The number of para-hydroxylation sites is 1. The molecule has 3 aromatic carbocycles. The Morgan fingerprint density at radius 3 is 2.33 bits per heavy atom. The van der Waals surface area contributed by atoms with Crippen LogP contribution in [0.1, 0.15) is 78.3 Å². The number of esters is 1. The van der Waals surface area contributed by atoms with E-state index in [0.717, 1.165) is 41.7 Å². The van der Waals surface area contributed by atoms with E-state index in [9.17, 15) is 9.59 Å². The number of carbonyl (C=O) groups is 2. The molecule has 8 heteroatoms. The number of ketones is 1. The molecule has 0 spiro atoms. The molecule has 0 N–H and O–H groups in total. The maximum absolute atomic E-state index is 13.2. The van der Waals surface area contributed by atoms with Gasteiger partial charge in [-0.2, -0.15) is 0 Å². The summed E-state index contributed by atoms with van der Waals surface area (Å²) < 4.78 is 30.2. The van der Waals surface area contributed by atoms with Crippen LogP contribution in [0.4, 0.5) is 0 Å². The van der Waals surface area contributed by atoms with Crippen LogP contribution < -0.4 is 14.2 Å². The van der Waals surface area contributed by atoms with Crippen molar-refractivity contribution in [3.05, 3.63) is 124 Å². The Balaban J connectivity index is 1.46. The molecular formula is C41H49NO7. The predicted molar refractivity (Wildman–Crippen MR) is 192 cm³/mol. The van der Waals surface area contributed by atoms with Gasteiger partial charge in [0.1, 0.15) is 40.9 Å². The van der Waals surface area contributed by atoms with Crippen molar-refractivity contribution in [3.63, 3.8) is 0 Å². The lowest BCUT2D eigenvalue weighted by Gasteiger charge is -2.27. The lowest BCUT2D eigenvalue weighted by molar-refractivity contribution is 0.0597. The molecule has 49 heavy (non-hydrogen) atoms. The van der Waals surface area contributed by atoms with Crippen LogP contribution in [0.3, 0.4) is 0 Å². The quantitative estimate of drug-likeness (QED) is 0.0577. The summed E-state index contributed by atoms with van der Waals surface area (Å²) in [4.78, 5) is 27.4. The zero-order chi connectivity index (χ0) is 35.2. The maximum Gasteiger partial charge on any atom is 0.341 e. The summed E-state index contributed by atoms with van der Waals surface area (Å²) >= 11 is 0. The number of nitrogens with zero attached hydrogens (tertiary/aromatic N) is 1. The topological polar surface area (TPSA) is 83.5 Å². The second kappa shape index (κ2) is 18.5. The second-order valence-electron chi connectivity index (χ2n) is 12.2. The summed E-state index contributed by atoms with van der Waals surface area (Å²) in [6, 6.07) is 20.7. The van der Waals surface area contributed by atoms with E-state index in [2.05, 4.69) is 19.9 Å². The third-order valence-electron chi connectivity index (χ3n) is 8.09. The fourth-order valence-corrected chi connectivity index (χ4v) is 5.51. The van der Waals surface area contributed by atoms with E-state index in [4.69, 9.17) is 23.7 Å². The zero-order valence-corrected chi connectivity index (χ0v) is 29.6. The fourth-order valence-electron chi connectivity index (χ4n) is 5.51. The van der Waals surface area contributed by atoms with Crippen molar-refractivity contribution in [3.8, 4) is 17.2 Å². The van der Waals surface area contributed by atoms with Crippen molar-refractivity contribution in [1.82, 2.24) is 4.90 Å². The van der Waals surface area contributed by atoms with Gasteiger partial charge >= 0.3 is 5.97 Å². The molecule has 3 aromatic rings. The Hall–Kier alpha value is -4.98. The summed E-state index contributed by atoms with van der Waals surface area (Å²) in [5.74, 6) is 2.88. The van der Waals surface area contributed by atoms with E-state index in [-0.39, 0.29) is 11.7 Å². The SMILES string of the molecule is CCCC1=C(OCCCOc2cc(OCc3ccccc3)c(C(=O)/C=C/N(C)C)cc2CC)C(C)CC=C1Oc1ccccc1C(=O)OC. The molecule has 0 radical (unpaired) electrons. The average molecular weight is 668 g/mol. The van der Waals surface area contributed by atoms with Crippen LogP contribution in [0.2, 0.25) is 0 Å². The first-order valence-electron chi connectivity index (χ1n) is 17.0. The van der Waals surface area contributed by atoms with Gasteiger partial charge in [0, 0.05) is 50.3 Å². The minimum atomic E-state index is -0.443. The van der Waals surface area contributed by atoms with Crippen molar-refractivity contribution < 1.29 is 33.3 Å². The number of methoxy groups -OCH3 is 1. The number of aryl methyl sites for hydroxylation is 1. The molecule has 0 saturated heterocycles. The molecule has 0 fully saturated rings. The molecule has 0 amide bonds. The van der Waals surface area contributed by atoms with Crippen LogP contribution in [0.5, 0.6) is 17.2 Å². The summed E-state index contributed by atoms with van der Waals surface area (Å²) in [7, 11) is 5.11. The highest BCUT2D eigenvalue weighted by atomic mass is 16.5. The van der Waals surface area contributed by atoms with Crippen molar-refractivity contribution >= 4 is 11.8 Å². The molecular weight excluding hydrogens is 618 g/mol. The maximum atomic E-state index is 13.2. The van der Waals surface area contributed by atoms with E-state index in [1.54, 1.807) is 30.5 Å². The molecule has 1 unspecified atom stereocenters. The molecule has 0 aliphatic heterocycles. The first-order chi connectivity index (χ1) is 23.7. The lowest BCUT2D eigenvalue weighted by atomic mass is 9.91. The molecule has 0 heterocycles. The second-order valence-corrected chi connectivity index (χ2v) is 12.2. The third kappa shape index (κ3) is 10.3. The lowest BCUT2D eigenvalue weighted by Crippen LogP contribution is -2.17. The first-order valence-corrected chi connectivity index (χ1v) is 17.0. The van der Waals surface area contributed by atoms with Gasteiger partial charge in [-0.25, -0.2) is 4.79 Å². The standard InChI is InChI=1S/C41H49NO7/c1-7-15-32-37(49-36-19-13-12-18-33(36)41(44)45-6)21-20-29(3)40(32)47-25-14-24-46-38-27-39(48-28-30-16-10-9-11-17-30)34(26-31(38)8-2)35(43)22-23-42(4)5/h9-13,16-19,21-23,26-27,29H,7-8,14-15,20,24-25,28H2,1-6H3/b23-22+. The van der Waals surface area contributed by atoms with E-state index in [1.165, 1.54) is 7.11 Å². The van der Waals surface area contributed by atoms with Crippen LogP contribution in [0.25, 0.3) is 0 Å². The van der Waals surface area contributed by atoms with Crippen molar-refractivity contribution in [2.75, 3.05) is 34.4 Å². The van der Waals surface area contributed by atoms with Gasteiger partial charge < -0.3 is 28.6 Å². The van der Waals surface area contributed by atoms with Crippen molar-refractivity contribution in [2.24, 2.45) is 5.92 Å². The van der Waals surface area contributed by atoms with Gasteiger partial charge in [0.15, 0.2) is 5.78 Å². The molecule has 0 bridgehead atoms. The highest BCUT2D eigenvalue weighted by Gasteiger charge is 2.26. The van der Waals surface area contributed by atoms with E-state index < -0.39 is 5.97 Å². The van der Waals surface area contributed by atoms with Crippen LogP contribution in [-0.2, 0) is 22.5 Å². The number of hydrogen-bond acceptors (Lipinski definition) is 8. The van der Waals surface area contributed by atoms with Gasteiger partial charge in [0.25, 0.3) is 0 Å². The number of rotatable bonds is 18. The smallest absolute Gasteiger partial charge is 0.341 e. The summed E-state index contributed by atoms with van der Waals surface area (Å²) in [6.07, 6.45) is 9.17. The van der Waals surface area contributed by atoms with Gasteiger partial charge in [-0.05, 0) is 54.7 Å². The van der Waals surface area contributed by atoms with Gasteiger partial charge in [0.2, 0.25) is 0 Å². The van der Waals surface area contributed by atoms with Crippen LogP contribution in [-0.4, -0.2) is 51.1 Å². The average Bonchev–Trinajstić information content (AvgIpc) is 3.11. The Morgan fingerprint density at radius 1 is 0.878 bits per heavy atom. The summed E-state index contributed by atoms with van der Waals surface area (Å²) in [5, 5.41) is 0. The van der Waals surface area contributed by atoms with Gasteiger partial charge in [-0.1, -0.05) is 69.7 Å². The first kappa shape index (κ1) is 36.8. The number of hydrogen-bond donors (Lipinski definition) is 0. The highest BCUT2D eigenvalue weighted by molar-refractivity contribution is 6.06. The van der Waals surface area contributed by atoms with Gasteiger partial charge in [0.05, 0.1) is 25.9 Å². The fraction of sp³-hybridized carbons (Fsp3) is 0.366. The van der Waals surface area contributed by atoms with Crippen molar-refractivity contribution in [1.29, 1.82) is 0 Å². The monoisotopic (exact) mass is 667 g/mol. The number of benzene rings is 3. The largest absolute Gasteiger partial charge is 0.497 e. The van der Waals surface area contributed by atoms with Crippen LogP contribution >= 0.6 is 0 Å². The molecule has 0 aromatic heterocycles. The minimum absolute atomic E-state index is 0.129. The predicted octanol–water partition coefficient (Wildman–Crippen LogP) is 8.72. The van der Waals surface area contributed by atoms with Crippen molar-refractivity contribution in [2.45, 2.75) is 59.5 Å². The van der Waals surface area contributed by atoms with Gasteiger partial charge in [-0.15, -0.1) is 0 Å². The number of ether oxygens (including phenoxy) is 5. The van der Waals surface area contributed by atoms with E-state index >= 15 is 0 Å². The Bertz CT molecular complexity index is 1660. The molecule has 8 nitrogen and oxygen atoms in total. The Labute approximate surface area is 291 Å². The minimum Gasteiger partial charge on any atom is -0.497 e. The molecule has 260 valence electrons. The summed E-state index contributed by atoms with van der Waals surface area (Å²) in [5.41, 5.74) is 3.83. The third-order valence-corrected chi connectivity index (χ3v) is 8.09. The number of carbonyl (C=O) groups excluding carboxylic acids is 2. The molecule has 4 rings (SSSR count). The van der Waals surface area contributed by atoms with Gasteiger partial charge in [-0.3, -0.25) is 4.79 Å². The Morgan fingerprint density at radius 2 is 1.61 bits per heavy atom. The molecule has 0 saturated carbocycles. The molecule has 1 aliphatic rings. The molecule has 1 atom stereocenters.